The van der Waals surface area contributed by atoms with Crippen molar-refractivity contribution < 1.29 is 9.21 Å². The molecule has 0 aliphatic carbocycles. The highest BCUT2D eigenvalue weighted by molar-refractivity contribution is 7.16. The van der Waals surface area contributed by atoms with E-state index in [-0.39, 0.29) is 17.7 Å². The topological polar surface area (TPSA) is 80.0 Å². The van der Waals surface area contributed by atoms with E-state index in [2.05, 4.69) is 38.1 Å². The number of rotatable bonds is 6. The molecule has 0 fully saturated rings. The van der Waals surface area contributed by atoms with Gasteiger partial charge in [-0.1, -0.05) is 0 Å². The lowest BCUT2D eigenvalue weighted by atomic mass is 10.0. The van der Waals surface area contributed by atoms with Crippen molar-refractivity contribution in [2.24, 2.45) is 0 Å². The average molecular weight is 425 g/mol. The molecule has 29 heavy (non-hydrogen) atoms. The van der Waals surface area contributed by atoms with E-state index in [1.165, 1.54) is 17.6 Å². The van der Waals surface area contributed by atoms with Crippen LogP contribution in [0.5, 0.6) is 0 Å². The summed E-state index contributed by atoms with van der Waals surface area (Å²) >= 11 is 3.16. The molecule has 0 bridgehead atoms. The molecular formula is C21H20N4O2S2. The molecule has 4 aromatic heterocycles. The minimum atomic E-state index is -0.273. The second-order valence-electron chi connectivity index (χ2n) is 6.68. The third kappa shape index (κ3) is 4.38. The summed E-state index contributed by atoms with van der Waals surface area (Å²) in [5.41, 5.74) is 3.85. The van der Waals surface area contributed by atoms with Gasteiger partial charge in [0.15, 0.2) is 5.76 Å². The number of nitrogens with zero attached hydrogens (tertiary/aromatic N) is 2. The number of furan rings is 1. The van der Waals surface area contributed by atoms with Crippen molar-refractivity contribution in [2.75, 3.05) is 10.6 Å². The van der Waals surface area contributed by atoms with Gasteiger partial charge < -0.3 is 15.1 Å². The van der Waals surface area contributed by atoms with Crippen LogP contribution >= 0.6 is 22.7 Å². The third-order valence-corrected chi connectivity index (χ3v) is 5.98. The molecule has 0 spiro atoms. The summed E-state index contributed by atoms with van der Waals surface area (Å²) in [6.07, 6.45) is 1.49. The Morgan fingerprint density at radius 3 is 2.59 bits per heavy atom. The Hall–Kier alpha value is -2.97. The summed E-state index contributed by atoms with van der Waals surface area (Å²) in [5, 5.41) is 11.3. The maximum absolute atomic E-state index is 12.6. The Bertz CT molecular complexity index is 1100. The Labute approximate surface area is 176 Å². The smallest absolute Gasteiger partial charge is 0.291 e. The maximum atomic E-state index is 12.6. The van der Waals surface area contributed by atoms with Crippen LogP contribution in [-0.4, -0.2) is 15.9 Å². The molecule has 1 amide bonds. The van der Waals surface area contributed by atoms with E-state index in [0.717, 1.165) is 32.4 Å². The molecule has 0 aromatic carbocycles. The second kappa shape index (κ2) is 8.18. The Balaban J connectivity index is 1.71. The molecule has 148 valence electrons. The van der Waals surface area contributed by atoms with Crippen LogP contribution in [0, 0.1) is 20.8 Å². The van der Waals surface area contributed by atoms with Gasteiger partial charge in [0.05, 0.1) is 12.3 Å². The second-order valence-corrected chi connectivity index (χ2v) is 8.72. The molecule has 1 atom stereocenters. The van der Waals surface area contributed by atoms with Crippen molar-refractivity contribution in [3.8, 4) is 0 Å². The highest BCUT2D eigenvalue weighted by Gasteiger charge is 2.23. The first-order valence-corrected chi connectivity index (χ1v) is 10.8. The minimum Gasteiger partial charge on any atom is -0.459 e. The molecule has 4 aromatic rings. The van der Waals surface area contributed by atoms with E-state index in [4.69, 9.17) is 4.42 Å². The number of aryl methyl sites for hydroxylation is 3. The Morgan fingerprint density at radius 2 is 1.93 bits per heavy atom. The van der Waals surface area contributed by atoms with Crippen LogP contribution in [0.15, 0.2) is 51.8 Å². The molecule has 4 rings (SSSR count). The van der Waals surface area contributed by atoms with E-state index < -0.39 is 0 Å². The van der Waals surface area contributed by atoms with Crippen LogP contribution in [-0.2, 0) is 0 Å². The molecule has 0 unspecified atom stereocenters. The highest BCUT2D eigenvalue weighted by Crippen LogP contribution is 2.38. The lowest BCUT2D eigenvalue weighted by molar-refractivity contribution is 0.0997. The van der Waals surface area contributed by atoms with Crippen molar-refractivity contribution in [3.63, 3.8) is 0 Å². The van der Waals surface area contributed by atoms with Crippen LogP contribution in [0.1, 0.15) is 44.0 Å². The molecule has 0 saturated heterocycles. The first-order chi connectivity index (χ1) is 14.0. The summed E-state index contributed by atoms with van der Waals surface area (Å²) in [7, 11) is 0. The van der Waals surface area contributed by atoms with Gasteiger partial charge in [-0.15, -0.1) is 11.3 Å². The predicted molar refractivity (Wildman–Crippen MR) is 117 cm³/mol. The van der Waals surface area contributed by atoms with Crippen molar-refractivity contribution in [1.29, 1.82) is 0 Å². The number of hydrogen-bond donors (Lipinski definition) is 2. The third-order valence-electron chi connectivity index (χ3n) is 4.30. The lowest BCUT2D eigenvalue weighted by Crippen LogP contribution is -2.17. The van der Waals surface area contributed by atoms with Crippen LogP contribution < -0.4 is 10.6 Å². The van der Waals surface area contributed by atoms with Crippen LogP contribution in [0.4, 0.5) is 10.9 Å². The van der Waals surface area contributed by atoms with Crippen LogP contribution in [0.25, 0.3) is 0 Å². The summed E-state index contributed by atoms with van der Waals surface area (Å²) in [5.74, 6) is 0.565. The number of amides is 1. The van der Waals surface area contributed by atoms with Gasteiger partial charge in [-0.3, -0.25) is 4.79 Å². The van der Waals surface area contributed by atoms with Crippen molar-refractivity contribution >= 4 is 39.5 Å². The summed E-state index contributed by atoms with van der Waals surface area (Å²) in [4.78, 5) is 22.7. The number of carbonyl (C=O) groups excluding carboxylic acids is 1. The zero-order valence-electron chi connectivity index (χ0n) is 16.2. The molecule has 0 aliphatic rings. The largest absolute Gasteiger partial charge is 0.459 e. The van der Waals surface area contributed by atoms with E-state index >= 15 is 0 Å². The molecule has 0 aliphatic heterocycles. The van der Waals surface area contributed by atoms with Gasteiger partial charge in [0.2, 0.25) is 5.95 Å². The maximum Gasteiger partial charge on any atom is 0.291 e. The van der Waals surface area contributed by atoms with Gasteiger partial charge in [-0.05, 0) is 67.4 Å². The number of nitrogens with one attached hydrogen (secondary N) is 2. The number of aromatic nitrogens is 2. The number of thiophene rings is 2. The predicted octanol–water partition coefficient (Wildman–Crippen LogP) is 5.57. The van der Waals surface area contributed by atoms with E-state index in [0.29, 0.717) is 5.95 Å². The molecule has 4 heterocycles. The van der Waals surface area contributed by atoms with Gasteiger partial charge in [0.1, 0.15) is 5.00 Å². The highest BCUT2D eigenvalue weighted by atomic mass is 32.1. The fourth-order valence-electron chi connectivity index (χ4n) is 3.12. The van der Waals surface area contributed by atoms with E-state index in [1.807, 2.05) is 32.2 Å². The Kier molecular flexibility index (Phi) is 5.46. The van der Waals surface area contributed by atoms with Gasteiger partial charge in [-0.2, -0.15) is 11.3 Å². The van der Waals surface area contributed by atoms with Crippen molar-refractivity contribution in [1.82, 2.24) is 9.97 Å². The van der Waals surface area contributed by atoms with Gasteiger partial charge in [-0.25, -0.2) is 9.97 Å². The van der Waals surface area contributed by atoms with Gasteiger partial charge >= 0.3 is 0 Å². The number of carbonyl (C=O) groups is 1. The van der Waals surface area contributed by atoms with Gasteiger partial charge in [0.25, 0.3) is 5.91 Å². The monoisotopic (exact) mass is 424 g/mol. The van der Waals surface area contributed by atoms with E-state index in [9.17, 15) is 4.79 Å². The molecular weight excluding hydrogens is 404 g/mol. The molecule has 8 heteroatoms. The summed E-state index contributed by atoms with van der Waals surface area (Å²) in [6.45, 7) is 5.92. The van der Waals surface area contributed by atoms with Gasteiger partial charge in [0, 0.05) is 21.8 Å². The Morgan fingerprint density at radius 1 is 1.14 bits per heavy atom. The number of hydrogen-bond acceptors (Lipinski definition) is 7. The molecule has 6 nitrogen and oxygen atoms in total. The first-order valence-electron chi connectivity index (χ1n) is 9.05. The molecule has 2 N–H and O–H groups in total. The SMILES string of the molecule is Cc1cc(C)nc(N[C@H](c2ccsc2)c2cc(C)sc2NC(=O)c2ccco2)n1. The summed E-state index contributed by atoms with van der Waals surface area (Å²) < 4.78 is 5.23. The summed E-state index contributed by atoms with van der Waals surface area (Å²) in [6, 6.07) is 9.24. The lowest BCUT2D eigenvalue weighted by Gasteiger charge is -2.19. The van der Waals surface area contributed by atoms with E-state index in [1.54, 1.807) is 23.5 Å². The molecule has 0 radical (unpaired) electrons. The normalized spacial score (nSPS) is 12.0. The first kappa shape index (κ1) is 19.4. The fourth-order valence-corrected chi connectivity index (χ4v) is 4.75. The molecule has 0 saturated carbocycles. The number of anilines is 2. The van der Waals surface area contributed by atoms with Crippen LogP contribution in [0.2, 0.25) is 0 Å². The fraction of sp³-hybridized carbons (Fsp3) is 0.190. The minimum absolute atomic E-state index is 0.195. The average Bonchev–Trinajstić information content (AvgIpc) is 3.41. The zero-order valence-corrected chi connectivity index (χ0v) is 17.9. The standard InChI is InChI=1S/C21H20N4O2S2/c1-12-9-13(2)23-21(22-12)24-18(15-6-8-28-11-15)16-10-14(3)29-20(16)25-19(26)17-5-4-7-27-17/h4-11,18H,1-3H3,(H,25,26)(H,22,23,24)/t18-/m1/s1. The van der Waals surface area contributed by atoms with Crippen molar-refractivity contribution in [3.05, 3.63) is 80.5 Å². The van der Waals surface area contributed by atoms with Crippen molar-refractivity contribution in [2.45, 2.75) is 26.8 Å². The zero-order chi connectivity index (χ0) is 20.4. The van der Waals surface area contributed by atoms with Crippen LogP contribution in [0.3, 0.4) is 0 Å². The quantitative estimate of drug-likeness (QED) is 0.423.